The van der Waals surface area contributed by atoms with Gasteiger partial charge in [-0.3, -0.25) is 9.59 Å². The molecule has 0 saturated heterocycles. The van der Waals surface area contributed by atoms with Gasteiger partial charge in [0.2, 0.25) is 0 Å². The Morgan fingerprint density at radius 1 is 1.06 bits per heavy atom. The lowest BCUT2D eigenvalue weighted by molar-refractivity contribution is -0.141. The van der Waals surface area contributed by atoms with Crippen molar-refractivity contribution < 1.29 is 24.2 Å². The van der Waals surface area contributed by atoms with Crippen LogP contribution in [0.15, 0.2) is 48.5 Å². The minimum absolute atomic E-state index is 0.0191. The molecule has 4 rings (SSSR count). The van der Waals surface area contributed by atoms with Crippen LogP contribution in [0.2, 0.25) is 0 Å². The summed E-state index contributed by atoms with van der Waals surface area (Å²) < 4.78 is 5.54. The summed E-state index contributed by atoms with van der Waals surface area (Å²) in [7, 11) is 0. The summed E-state index contributed by atoms with van der Waals surface area (Å²) in [5, 5.41) is 15.0. The van der Waals surface area contributed by atoms with Crippen LogP contribution >= 0.6 is 11.3 Å². The van der Waals surface area contributed by atoms with Crippen LogP contribution in [0.1, 0.15) is 50.8 Å². The van der Waals surface area contributed by atoms with E-state index in [4.69, 9.17) is 9.84 Å². The molecule has 1 heterocycles. The van der Waals surface area contributed by atoms with E-state index in [1.54, 1.807) is 13.8 Å². The van der Waals surface area contributed by atoms with E-state index in [2.05, 4.69) is 39.9 Å². The number of rotatable bonds is 9. The SMILES string of the molecule is Cc1nc(CNC(=O)OCC2c3ccccc3-c3ccccc32)sc1C(=O)NCCC(C)C(=O)O. The summed E-state index contributed by atoms with van der Waals surface area (Å²) in [6.45, 7) is 3.95. The van der Waals surface area contributed by atoms with E-state index in [1.165, 1.54) is 22.5 Å². The Bertz CT molecular complexity index is 1210. The molecule has 1 unspecified atom stereocenters. The minimum atomic E-state index is -0.894. The standard InChI is InChI=1S/C26H27N3O5S/c1-15(25(31)32)11-12-27-24(30)23-16(2)29-22(35-23)13-28-26(33)34-14-21-19-9-5-3-7-17(19)18-8-4-6-10-20(18)21/h3-10,15,21H,11-14H2,1-2H3,(H,27,30)(H,28,33)(H,31,32). The first-order chi connectivity index (χ1) is 16.8. The number of nitrogens with zero attached hydrogens (tertiary/aromatic N) is 1. The third-order valence-corrected chi connectivity index (χ3v) is 7.22. The van der Waals surface area contributed by atoms with E-state index in [0.717, 1.165) is 11.1 Å². The number of carboxylic acid groups (broad SMARTS) is 1. The average Bonchev–Trinajstić information content (AvgIpc) is 3.38. The number of hydrogen-bond acceptors (Lipinski definition) is 6. The third-order valence-electron chi connectivity index (χ3n) is 6.06. The summed E-state index contributed by atoms with van der Waals surface area (Å²) in [6, 6.07) is 16.3. The molecule has 0 radical (unpaired) electrons. The van der Waals surface area contributed by atoms with Gasteiger partial charge in [-0.25, -0.2) is 9.78 Å². The quantitative estimate of drug-likeness (QED) is 0.408. The molecule has 1 atom stereocenters. The van der Waals surface area contributed by atoms with Crippen LogP contribution in [0, 0.1) is 12.8 Å². The van der Waals surface area contributed by atoms with Crippen molar-refractivity contribution in [2.75, 3.05) is 13.2 Å². The van der Waals surface area contributed by atoms with Gasteiger partial charge in [0.25, 0.3) is 5.91 Å². The maximum absolute atomic E-state index is 12.4. The Morgan fingerprint density at radius 3 is 2.31 bits per heavy atom. The number of benzene rings is 2. The number of amides is 2. The van der Waals surface area contributed by atoms with Crippen molar-refractivity contribution in [1.29, 1.82) is 0 Å². The average molecular weight is 494 g/mol. The van der Waals surface area contributed by atoms with Crippen LogP contribution in [0.4, 0.5) is 4.79 Å². The van der Waals surface area contributed by atoms with Gasteiger partial charge in [-0.05, 0) is 35.6 Å². The van der Waals surface area contributed by atoms with Gasteiger partial charge >= 0.3 is 12.1 Å². The molecule has 0 spiro atoms. The highest BCUT2D eigenvalue weighted by Gasteiger charge is 2.29. The van der Waals surface area contributed by atoms with E-state index in [-0.39, 0.29) is 31.5 Å². The normalized spacial score (nSPS) is 13.0. The number of ether oxygens (including phenoxy) is 1. The second-order valence-corrected chi connectivity index (χ2v) is 9.57. The second-order valence-electron chi connectivity index (χ2n) is 8.49. The lowest BCUT2D eigenvalue weighted by Gasteiger charge is -2.14. The largest absolute Gasteiger partial charge is 0.481 e. The molecule has 35 heavy (non-hydrogen) atoms. The fourth-order valence-corrected chi connectivity index (χ4v) is 5.06. The van der Waals surface area contributed by atoms with E-state index in [1.807, 2.05) is 24.3 Å². The molecule has 0 saturated carbocycles. The van der Waals surface area contributed by atoms with Crippen molar-refractivity contribution in [1.82, 2.24) is 15.6 Å². The third kappa shape index (κ3) is 5.51. The Labute approximate surface area is 207 Å². The number of alkyl carbamates (subject to hydrolysis) is 1. The van der Waals surface area contributed by atoms with Gasteiger partial charge < -0.3 is 20.5 Å². The van der Waals surface area contributed by atoms with E-state index in [0.29, 0.717) is 22.0 Å². The fraction of sp³-hybridized carbons (Fsp3) is 0.308. The summed E-state index contributed by atoms with van der Waals surface area (Å²) in [5.41, 5.74) is 5.18. The molecule has 1 aromatic heterocycles. The number of carboxylic acids is 1. The topological polar surface area (TPSA) is 118 Å². The summed E-state index contributed by atoms with van der Waals surface area (Å²) in [4.78, 5) is 40.5. The van der Waals surface area contributed by atoms with Gasteiger partial charge in [-0.15, -0.1) is 11.3 Å². The lowest BCUT2D eigenvalue weighted by atomic mass is 9.98. The molecule has 3 N–H and O–H groups in total. The molecule has 8 nitrogen and oxygen atoms in total. The first-order valence-electron chi connectivity index (χ1n) is 11.4. The van der Waals surface area contributed by atoms with Gasteiger partial charge in [-0.1, -0.05) is 55.5 Å². The van der Waals surface area contributed by atoms with Crippen LogP contribution in [-0.4, -0.2) is 41.2 Å². The van der Waals surface area contributed by atoms with Gasteiger partial charge in [-0.2, -0.15) is 0 Å². The predicted octanol–water partition coefficient (Wildman–Crippen LogP) is 4.33. The number of fused-ring (bicyclic) bond motifs is 3. The van der Waals surface area contributed by atoms with Gasteiger partial charge in [0.15, 0.2) is 0 Å². The Balaban J connectivity index is 1.29. The van der Waals surface area contributed by atoms with Crippen LogP contribution in [0.5, 0.6) is 0 Å². The molecule has 2 aromatic carbocycles. The molecule has 9 heteroatoms. The number of hydrogen-bond donors (Lipinski definition) is 3. The number of thiazole rings is 1. The van der Waals surface area contributed by atoms with E-state index >= 15 is 0 Å². The Morgan fingerprint density at radius 2 is 1.69 bits per heavy atom. The van der Waals surface area contributed by atoms with Crippen LogP contribution in [-0.2, 0) is 16.1 Å². The fourth-order valence-electron chi connectivity index (χ4n) is 4.14. The maximum Gasteiger partial charge on any atom is 0.407 e. The number of nitrogens with one attached hydrogen (secondary N) is 2. The van der Waals surface area contributed by atoms with Crippen molar-refractivity contribution in [3.63, 3.8) is 0 Å². The highest BCUT2D eigenvalue weighted by molar-refractivity contribution is 7.13. The van der Waals surface area contributed by atoms with E-state index in [9.17, 15) is 14.4 Å². The molecular formula is C26H27N3O5S. The van der Waals surface area contributed by atoms with Crippen LogP contribution in [0.3, 0.4) is 0 Å². The molecule has 0 aliphatic heterocycles. The van der Waals surface area contributed by atoms with Crippen molar-refractivity contribution in [2.45, 2.75) is 32.7 Å². The van der Waals surface area contributed by atoms with E-state index < -0.39 is 18.0 Å². The molecule has 3 aromatic rings. The predicted molar refractivity (Wildman–Crippen MR) is 133 cm³/mol. The smallest absolute Gasteiger partial charge is 0.407 e. The van der Waals surface area contributed by atoms with Crippen molar-refractivity contribution in [2.24, 2.45) is 5.92 Å². The van der Waals surface area contributed by atoms with Gasteiger partial charge in [0.05, 0.1) is 18.2 Å². The number of aliphatic carboxylic acids is 1. The monoisotopic (exact) mass is 493 g/mol. The first kappa shape index (κ1) is 24.4. The molecular weight excluding hydrogens is 466 g/mol. The molecule has 182 valence electrons. The zero-order valence-electron chi connectivity index (χ0n) is 19.5. The van der Waals surface area contributed by atoms with Crippen LogP contribution in [0.25, 0.3) is 11.1 Å². The van der Waals surface area contributed by atoms with Crippen molar-refractivity contribution in [3.8, 4) is 11.1 Å². The van der Waals surface area contributed by atoms with Gasteiger partial charge in [0, 0.05) is 12.5 Å². The maximum atomic E-state index is 12.4. The minimum Gasteiger partial charge on any atom is -0.481 e. The highest BCUT2D eigenvalue weighted by Crippen LogP contribution is 2.44. The number of carbonyl (C=O) groups is 3. The zero-order valence-corrected chi connectivity index (χ0v) is 20.4. The molecule has 1 aliphatic rings. The van der Waals surface area contributed by atoms with Crippen molar-refractivity contribution >= 4 is 29.3 Å². The Kier molecular flexibility index (Phi) is 7.45. The van der Waals surface area contributed by atoms with Crippen molar-refractivity contribution in [3.05, 3.63) is 75.2 Å². The second kappa shape index (κ2) is 10.7. The number of aryl methyl sites for hydroxylation is 1. The summed E-state index contributed by atoms with van der Waals surface area (Å²) in [6.07, 6.45) is -0.205. The first-order valence-corrected chi connectivity index (χ1v) is 12.2. The molecule has 1 aliphatic carbocycles. The highest BCUT2D eigenvalue weighted by atomic mass is 32.1. The summed E-state index contributed by atoms with van der Waals surface area (Å²) >= 11 is 1.19. The molecule has 0 fully saturated rings. The molecule has 2 amide bonds. The number of carbonyl (C=O) groups excluding carboxylic acids is 2. The molecule has 0 bridgehead atoms. The van der Waals surface area contributed by atoms with Gasteiger partial charge in [0.1, 0.15) is 16.5 Å². The van der Waals surface area contributed by atoms with Crippen LogP contribution < -0.4 is 10.6 Å². The Hall–Kier alpha value is -3.72. The summed E-state index contributed by atoms with van der Waals surface area (Å²) in [5.74, 6) is -1.75. The zero-order chi connectivity index (χ0) is 24.9. The number of aromatic nitrogens is 1. The lowest BCUT2D eigenvalue weighted by Crippen LogP contribution is -2.26.